The van der Waals surface area contributed by atoms with Crippen molar-refractivity contribution in [3.8, 4) is 16.3 Å². The maximum atomic E-state index is 13.2. The fraction of sp³-hybridized carbons (Fsp3) is 0.440. The van der Waals surface area contributed by atoms with Gasteiger partial charge in [0.2, 0.25) is 0 Å². The lowest BCUT2D eigenvalue weighted by Crippen LogP contribution is -2.39. The number of nitrogens with one attached hydrogen (secondary N) is 1. The van der Waals surface area contributed by atoms with Gasteiger partial charge in [-0.2, -0.15) is 10.2 Å². The van der Waals surface area contributed by atoms with E-state index in [-0.39, 0.29) is 5.91 Å². The van der Waals surface area contributed by atoms with Crippen LogP contribution in [0.25, 0.3) is 10.6 Å². The van der Waals surface area contributed by atoms with Gasteiger partial charge in [-0.3, -0.25) is 4.79 Å². The van der Waals surface area contributed by atoms with Gasteiger partial charge in [0.25, 0.3) is 5.91 Å². The van der Waals surface area contributed by atoms with Gasteiger partial charge in [0.05, 0.1) is 29.9 Å². The molecule has 5 rings (SSSR count). The number of ether oxygens (including phenoxy) is 1. The predicted octanol–water partition coefficient (Wildman–Crippen LogP) is 4.27. The van der Waals surface area contributed by atoms with Gasteiger partial charge in [0, 0.05) is 29.6 Å². The van der Waals surface area contributed by atoms with Crippen molar-refractivity contribution in [1.29, 1.82) is 0 Å². The lowest BCUT2D eigenvalue weighted by atomic mass is 9.95. The van der Waals surface area contributed by atoms with Crippen LogP contribution in [0.2, 0.25) is 0 Å². The second kappa shape index (κ2) is 10.1. The van der Waals surface area contributed by atoms with Crippen LogP contribution in [-0.2, 0) is 0 Å². The summed E-state index contributed by atoms with van der Waals surface area (Å²) >= 11 is 1.41. The quantitative estimate of drug-likeness (QED) is 0.522. The summed E-state index contributed by atoms with van der Waals surface area (Å²) in [5.41, 5.74) is 10.1. The number of carbonyl (C=O) groups excluding carboxylic acids is 1. The van der Waals surface area contributed by atoms with Gasteiger partial charge in [0.15, 0.2) is 0 Å². The first kappa shape index (κ1) is 22.7. The minimum absolute atomic E-state index is 0.231. The van der Waals surface area contributed by atoms with Crippen LogP contribution in [0.15, 0.2) is 36.0 Å². The Morgan fingerprint density at radius 1 is 1.24 bits per heavy atom. The molecule has 0 bridgehead atoms. The van der Waals surface area contributed by atoms with Crippen LogP contribution in [-0.4, -0.2) is 46.8 Å². The standard InChI is InChI=1S/C25H30N6O2S/c1-16-22(33-19-5-2-6-19)8-7-20(23(16)31-11-3-4-17(12-26)14-31)29-24(32)21-15-34-25(30-21)18-9-10-27-28-13-18/h7-10,13,15,17,19H,2-6,11-12,14,26H2,1H3,(H,29,32)/t17-/m0/s1. The molecule has 2 aromatic heterocycles. The molecule has 2 aliphatic rings. The number of hydrogen-bond donors (Lipinski definition) is 2. The Balaban J connectivity index is 1.42. The third kappa shape index (κ3) is 4.76. The van der Waals surface area contributed by atoms with Crippen molar-refractivity contribution in [3.63, 3.8) is 0 Å². The van der Waals surface area contributed by atoms with Gasteiger partial charge < -0.3 is 20.7 Å². The molecule has 1 aromatic carbocycles. The number of piperidine rings is 1. The molecule has 3 heterocycles. The fourth-order valence-electron chi connectivity index (χ4n) is 4.56. The highest BCUT2D eigenvalue weighted by Crippen LogP contribution is 2.40. The second-order valence-electron chi connectivity index (χ2n) is 9.07. The molecule has 0 spiro atoms. The van der Waals surface area contributed by atoms with Crippen molar-refractivity contribution >= 4 is 28.6 Å². The molecule has 1 amide bonds. The first-order valence-corrected chi connectivity index (χ1v) is 12.8. The molecule has 0 unspecified atom stereocenters. The van der Waals surface area contributed by atoms with E-state index < -0.39 is 0 Å². The molecule has 9 heteroatoms. The van der Waals surface area contributed by atoms with Crippen LogP contribution >= 0.6 is 11.3 Å². The highest BCUT2D eigenvalue weighted by Gasteiger charge is 2.27. The Morgan fingerprint density at radius 2 is 2.12 bits per heavy atom. The van der Waals surface area contributed by atoms with Gasteiger partial charge in [-0.15, -0.1) is 11.3 Å². The molecule has 2 fully saturated rings. The van der Waals surface area contributed by atoms with Gasteiger partial charge in [-0.05, 0) is 69.7 Å². The van der Waals surface area contributed by atoms with E-state index in [1.165, 1.54) is 17.8 Å². The molecule has 1 saturated heterocycles. The summed E-state index contributed by atoms with van der Waals surface area (Å²) in [5, 5.41) is 13.3. The number of rotatable bonds is 7. The average Bonchev–Trinajstić information content (AvgIpc) is 3.34. The summed E-state index contributed by atoms with van der Waals surface area (Å²) in [6.45, 7) is 4.56. The Labute approximate surface area is 203 Å². The summed E-state index contributed by atoms with van der Waals surface area (Å²) in [4.78, 5) is 20.1. The minimum atomic E-state index is -0.231. The molecule has 0 radical (unpaired) electrons. The third-order valence-electron chi connectivity index (χ3n) is 6.71. The van der Waals surface area contributed by atoms with Crippen molar-refractivity contribution in [2.45, 2.75) is 45.1 Å². The molecular formula is C25H30N6O2S. The number of hydrogen-bond acceptors (Lipinski definition) is 8. The number of nitrogens with two attached hydrogens (primary N) is 1. The third-order valence-corrected chi connectivity index (χ3v) is 7.60. The topological polar surface area (TPSA) is 106 Å². The van der Waals surface area contributed by atoms with E-state index in [0.29, 0.717) is 24.3 Å². The van der Waals surface area contributed by atoms with Gasteiger partial charge >= 0.3 is 0 Å². The van der Waals surface area contributed by atoms with Crippen LogP contribution < -0.4 is 20.7 Å². The molecule has 1 saturated carbocycles. The second-order valence-corrected chi connectivity index (χ2v) is 9.93. The van der Waals surface area contributed by atoms with Crippen LogP contribution in [0.1, 0.15) is 48.2 Å². The Bertz CT molecular complexity index is 1150. The van der Waals surface area contributed by atoms with Crippen molar-refractivity contribution in [2.75, 3.05) is 29.9 Å². The molecule has 178 valence electrons. The van der Waals surface area contributed by atoms with Crippen molar-refractivity contribution in [1.82, 2.24) is 15.2 Å². The lowest BCUT2D eigenvalue weighted by molar-refractivity contribution is 0.102. The lowest BCUT2D eigenvalue weighted by Gasteiger charge is -2.37. The van der Waals surface area contributed by atoms with Crippen LogP contribution in [0.3, 0.4) is 0 Å². The van der Waals surface area contributed by atoms with Crippen LogP contribution in [0, 0.1) is 12.8 Å². The molecular weight excluding hydrogens is 448 g/mol. The predicted molar refractivity (Wildman–Crippen MR) is 135 cm³/mol. The number of thiazole rings is 1. The van der Waals surface area contributed by atoms with Gasteiger partial charge in [0.1, 0.15) is 16.5 Å². The van der Waals surface area contributed by atoms with Crippen molar-refractivity contribution in [3.05, 3.63) is 47.2 Å². The zero-order valence-corrected chi connectivity index (χ0v) is 20.2. The summed E-state index contributed by atoms with van der Waals surface area (Å²) in [6, 6.07) is 5.77. The average molecular weight is 479 g/mol. The van der Waals surface area contributed by atoms with Crippen LogP contribution in [0.5, 0.6) is 5.75 Å². The van der Waals surface area contributed by atoms with E-state index in [0.717, 1.165) is 72.0 Å². The largest absolute Gasteiger partial charge is 0.490 e. The van der Waals surface area contributed by atoms with E-state index in [9.17, 15) is 4.79 Å². The first-order valence-electron chi connectivity index (χ1n) is 11.9. The number of nitrogens with zero attached hydrogens (tertiary/aromatic N) is 4. The van der Waals surface area contributed by atoms with Crippen LogP contribution in [0.4, 0.5) is 11.4 Å². The number of benzene rings is 1. The summed E-state index contributed by atoms with van der Waals surface area (Å²) < 4.78 is 6.28. The number of anilines is 2. The Morgan fingerprint density at radius 3 is 2.85 bits per heavy atom. The minimum Gasteiger partial charge on any atom is -0.490 e. The Hall–Kier alpha value is -3.04. The number of amides is 1. The first-order chi connectivity index (χ1) is 16.6. The van der Waals surface area contributed by atoms with Gasteiger partial charge in [-0.1, -0.05) is 0 Å². The monoisotopic (exact) mass is 478 g/mol. The highest BCUT2D eigenvalue weighted by molar-refractivity contribution is 7.13. The molecule has 3 aromatic rings. The fourth-order valence-corrected chi connectivity index (χ4v) is 5.35. The van der Waals surface area contributed by atoms with E-state index in [2.05, 4.69) is 32.3 Å². The van der Waals surface area contributed by atoms with Gasteiger partial charge in [-0.25, -0.2) is 4.98 Å². The Kier molecular flexibility index (Phi) is 6.73. The van der Waals surface area contributed by atoms with E-state index in [1.54, 1.807) is 17.8 Å². The highest BCUT2D eigenvalue weighted by atomic mass is 32.1. The molecule has 34 heavy (non-hydrogen) atoms. The maximum Gasteiger partial charge on any atom is 0.275 e. The summed E-state index contributed by atoms with van der Waals surface area (Å²) in [5.74, 6) is 1.11. The number of carbonyl (C=O) groups is 1. The summed E-state index contributed by atoms with van der Waals surface area (Å²) in [7, 11) is 0. The summed E-state index contributed by atoms with van der Waals surface area (Å²) in [6.07, 6.45) is 9.20. The van der Waals surface area contributed by atoms with E-state index >= 15 is 0 Å². The molecule has 8 nitrogen and oxygen atoms in total. The van der Waals surface area contributed by atoms with E-state index in [4.69, 9.17) is 10.5 Å². The zero-order valence-electron chi connectivity index (χ0n) is 19.4. The normalized spacial score (nSPS) is 18.4. The SMILES string of the molecule is Cc1c(OC2CCC2)ccc(NC(=O)c2csc(-c3ccnnc3)n2)c1N1CCC[C@@H](CN)C1. The molecule has 3 N–H and O–H groups in total. The molecule has 1 aliphatic heterocycles. The van der Waals surface area contributed by atoms with E-state index in [1.807, 2.05) is 18.2 Å². The zero-order chi connectivity index (χ0) is 23.5. The van der Waals surface area contributed by atoms with Crippen molar-refractivity contribution in [2.24, 2.45) is 11.7 Å². The molecule has 1 atom stereocenters. The maximum absolute atomic E-state index is 13.2. The number of aromatic nitrogens is 3. The molecule has 1 aliphatic carbocycles. The smallest absolute Gasteiger partial charge is 0.275 e. The van der Waals surface area contributed by atoms with Crippen molar-refractivity contribution < 1.29 is 9.53 Å².